The first-order valence-electron chi connectivity index (χ1n) is 20.7. The van der Waals surface area contributed by atoms with E-state index in [0.29, 0.717) is 5.56 Å². The van der Waals surface area contributed by atoms with E-state index in [0.717, 1.165) is 5.56 Å². The number of ether oxygens (including phenoxy) is 7. The third kappa shape index (κ3) is 14.7. The zero-order valence-electron chi connectivity index (χ0n) is 36.1. The number of imidazole rings is 1. The summed E-state index contributed by atoms with van der Waals surface area (Å²) in [7, 11) is 0. The quantitative estimate of drug-likeness (QED) is 0.0687. The highest BCUT2D eigenvalue weighted by molar-refractivity contribution is 5.83. The first-order chi connectivity index (χ1) is 31.1. The first kappa shape index (κ1) is 48.9. The molecule has 1 unspecified atom stereocenters. The molecule has 2 aromatic heterocycles. The van der Waals surface area contributed by atoms with Crippen molar-refractivity contribution >= 4 is 53.2 Å². The number of aromatic nitrogens is 4. The second kappa shape index (κ2) is 23.5. The minimum absolute atomic E-state index is 0.0232. The third-order valence-electron chi connectivity index (χ3n) is 9.80. The maximum Gasteiger partial charge on any atom is 0.408 e. The monoisotopic (exact) mass is 909 g/mol. The van der Waals surface area contributed by atoms with Crippen molar-refractivity contribution in [3.05, 3.63) is 88.5 Å². The number of hydrogen-bond acceptors (Lipinski definition) is 17. The first-order valence-corrected chi connectivity index (χ1v) is 20.7. The second-order valence-corrected chi connectivity index (χ2v) is 15.6. The standard InChI is InChI=1S/C43H52FN7O14/c1-24(2)34(47-42(57)62-18-26-11-7-5-8-12-26)39(55)61-21-28(64-40(56)35(25(3)4)48-43(58)63-19-27-13-9-6-10-14-27)20-59-32(52)15-16-33(53)60-22-30-29(44)17-31(65-30)51-23-46-36-37(51)49-41(45)50-38(36)54/h5-14,23-25,28-31,34-35H,15-22H2,1-4H3,(H,47,57)(H,48,58)(H3,45,49,50,54)/t28?,29-,30+,31+,34-,35-/m0/s1. The molecule has 1 fully saturated rings. The van der Waals surface area contributed by atoms with Crippen LogP contribution in [0.15, 0.2) is 71.8 Å². The zero-order valence-corrected chi connectivity index (χ0v) is 36.1. The summed E-state index contributed by atoms with van der Waals surface area (Å²) >= 11 is 0. The van der Waals surface area contributed by atoms with Gasteiger partial charge in [-0.15, -0.1) is 0 Å². The number of aromatic amines is 1. The maximum absolute atomic E-state index is 15.0. The van der Waals surface area contributed by atoms with Crippen LogP contribution in [0.25, 0.3) is 11.2 Å². The van der Waals surface area contributed by atoms with E-state index < -0.39 is 123 Å². The minimum atomic E-state index is -1.58. The Morgan fingerprint density at radius 2 is 1.34 bits per heavy atom. The predicted octanol–water partition coefficient (Wildman–Crippen LogP) is 3.55. The van der Waals surface area contributed by atoms with E-state index in [1.54, 1.807) is 88.4 Å². The molecule has 0 saturated carbocycles. The van der Waals surface area contributed by atoms with Gasteiger partial charge in [0.2, 0.25) is 5.95 Å². The molecule has 1 aliphatic rings. The number of nitrogen functional groups attached to an aromatic ring is 1. The topological polar surface area (TPSA) is 281 Å². The Kier molecular flexibility index (Phi) is 17.7. The number of rotatable bonds is 21. The number of alkyl halides is 1. The molecule has 5 N–H and O–H groups in total. The molecule has 3 heterocycles. The number of fused-ring (bicyclic) bond motifs is 1. The summed E-state index contributed by atoms with van der Waals surface area (Å²) < 4.78 is 54.1. The van der Waals surface area contributed by atoms with Gasteiger partial charge in [-0.05, 0) is 23.0 Å². The lowest BCUT2D eigenvalue weighted by molar-refractivity contribution is -0.170. The molecule has 0 radical (unpaired) electrons. The Morgan fingerprint density at radius 1 is 0.800 bits per heavy atom. The summed E-state index contributed by atoms with van der Waals surface area (Å²) in [5, 5.41) is 4.94. The van der Waals surface area contributed by atoms with Gasteiger partial charge in [0, 0.05) is 6.42 Å². The maximum atomic E-state index is 15.0. The number of amides is 2. The number of benzene rings is 2. The highest BCUT2D eigenvalue weighted by Crippen LogP contribution is 2.32. The van der Waals surface area contributed by atoms with Crippen LogP contribution in [0.4, 0.5) is 19.9 Å². The molecular weight excluding hydrogens is 858 g/mol. The Hall–Kier alpha value is -7.10. The van der Waals surface area contributed by atoms with Crippen LogP contribution >= 0.6 is 0 Å². The van der Waals surface area contributed by atoms with Crippen molar-refractivity contribution in [2.75, 3.05) is 25.6 Å². The number of alkyl carbamates (subject to hydrolysis) is 2. The third-order valence-corrected chi connectivity index (χ3v) is 9.80. The largest absolute Gasteiger partial charge is 0.463 e. The van der Waals surface area contributed by atoms with Crippen LogP contribution in [0, 0.1) is 11.8 Å². The van der Waals surface area contributed by atoms with E-state index in [1.807, 2.05) is 0 Å². The molecule has 22 heteroatoms. The predicted molar refractivity (Wildman–Crippen MR) is 225 cm³/mol. The minimum Gasteiger partial charge on any atom is -0.463 e. The van der Waals surface area contributed by atoms with Crippen molar-refractivity contribution in [3.8, 4) is 0 Å². The highest BCUT2D eigenvalue weighted by atomic mass is 19.1. The molecule has 2 aromatic carbocycles. The summed E-state index contributed by atoms with van der Waals surface area (Å²) in [6.45, 7) is 4.62. The number of hydrogen-bond donors (Lipinski definition) is 4. The SMILES string of the molecule is CC(C)[C@H](NC(=O)OCc1ccccc1)C(=O)OCC(COC(=O)CCC(=O)OC[C@H]1O[C@@H](n2cnc3c(=O)[nH]c(N)nc32)C[C@@H]1F)OC(=O)[C@@H](NC(=O)OCc1ccccc1)C(C)C. The van der Waals surface area contributed by atoms with E-state index in [4.69, 9.17) is 38.9 Å². The van der Waals surface area contributed by atoms with E-state index in [-0.39, 0.29) is 36.7 Å². The lowest BCUT2D eigenvalue weighted by Gasteiger charge is -2.25. The number of nitrogens with zero attached hydrogens (tertiary/aromatic N) is 3. The van der Waals surface area contributed by atoms with Gasteiger partial charge in [-0.25, -0.2) is 28.6 Å². The van der Waals surface area contributed by atoms with Crippen LogP contribution in [0.2, 0.25) is 0 Å². The second-order valence-electron chi connectivity index (χ2n) is 15.6. The highest BCUT2D eigenvalue weighted by Gasteiger charge is 2.38. The molecule has 1 saturated heterocycles. The summed E-state index contributed by atoms with van der Waals surface area (Å²) in [5.41, 5.74) is 6.54. The molecule has 21 nitrogen and oxygen atoms in total. The fourth-order valence-corrected chi connectivity index (χ4v) is 6.27. The Bertz CT molecular complexity index is 2310. The number of nitrogens with one attached hydrogen (secondary N) is 3. The van der Waals surface area contributed by atoms with E-state index >= 15 is 0 Å². The van der Waals surface area contributed by atoms with Gasteiger partial charge in [0.05, 0.1) is 19.2 Å². The van der Waals surface area contributed by atoms with Crippen molar-refractivity contribution in [1.29, 1.82) is 0 Å². The molecule has 0 bridgehead atoms. The summed E-state index contributed by atoms with van der Waals surface area (Å²) in [6.07, 6.45) is -6.84. The van der Waals surface area contributed by atoms with E-state index in [9.17, 15) is 38.0 Å². The fourth-order valence-electron chi connectivity index (χ4n) is 6.27. The van der Waals surface area contributed by atoms with Gasteiger partial charge in [0.25, 0.3) is 5.56 Å². The summed E-state index contributed by atoms with van der Waals surface area (Å²) in [4.78, 5) is 100. The Labute approximate surface area is 371 Å². The van der Waals surface area contributed by atoms with Crippen molar-refractivity contribution < 1.29 is 66.3 Å². The molecule has 1 aliphatic heterocycles. The molecule has 2 amide bonds. The van der Waals surface area contributed by atoms with Crippen LogP contribution in [0.5, 0.6) is 0 Å². The van der Waals surface area contributed by atoms with Crippen LogP contribution in [0.1, 0.15) is 64.3 Å². The molecule has 4 aromatic rings. The van der Waals surface area contributed by atoms with Gasteiger partial charge in [-0.1, -0.05) is 88.4 Å². The van der Waals surface area contributed by atoms with E-state index in [1.165, 1.54) is 10.9 Å². The average Bonchev–Trinajstić information content (AvgIpc) is 3.88. The van der Waals surface area contributed by atoms with Gasteiger partial charge in [-0.3, -0.25) is 23.9 Å². The number of carbonyl (C=O) groups excluding carboxylic acids is 6. The number of halogens is 1. The van der Waals surface area contributed by atoms with Crippen molar-refractivity contribution in [2.45, 2.75) is 96.9 Å². The van der Waals surface area contributed by atoms with Crippen molar-refractivity contribution in [2.24, 2.45) is 11.8 Å². The van der Waals surface area contributed by atoms with Gasteiger partial charge in [0.1, 0.15) is 63.6 Å². The number of anilines is 1. The lowest BCUT2D eigenvalue weighted by atomic mass is 10.0. The van der Waals surface area contributed by atoms with Gasteiger partial charge in [0.15, 0.2) is 17.3 Å². The molecule has 0 aliphatic carbocycles. The molecular formula is C43H52FN7O14. The van der Waals surface area contributed by atoms with Crippen LogP contribution in [-0.4, -0.2) is 106 Å². The van der Waals surface area contributed by atoms with Crippen molar-refractivity contribution in [1.82, 2.24) is 30.2 Å². The number of H-pyrrole nitrogens is 1. The van der Waals surface area contributed by atoms with Crippen molar-refractivity contribution in [3.63, 3.8) is 0 Å². The van der Waals surface area contributed by atoms with Gasteiger partial charge in [-0.2, -0.15) is 4.98 Å². The fraction of sp³-hybridized carbons (Fsp3) is 0.465. The van der Waals surface area contributed by atoms with Crippen LogP contribution < -0.4 is 21.9 Å². The Balaban J connectivity index is 1.14. The normalized spacial score (nSPS) is 17.1. The summed E-state index contributed by atoms with van der Waals surface area (Å²) in [6, 6.07) is 15.2. The van der Waals surface area contributed by atoms with E-state index in [2.05, 4.69) is 25.6 Å². The molecule has 65 heavy (non-hydrogen) atoms. The number of carbonyl (C=O) groups is 6. The molecule has 0 spiro atoms. The molecule has 350 valence electrons. The molecule has 5 rings (SSSR count). The summed E-state index contributed by atoms with van der Waals surface area (Å²) in [5.74, 6) is -4.89. The smallest absolute Gasteiger partial charge is 0.408 e. The van der Waals surface area contributed by atoms with Gasteiger partial charge >= 0.3 is 36.1 Å². The van der Waals surface area contributed by atoms with Crippen LogP contribution in [-0.2, 0) is 65.5 Å². The van der Waals surface area contributed by atoms with Gasteiger partial charge < -0.3 is 49.5 Å². The van der Waals surface area contributed by atoms with Crippen LogP contribution in [0.3, 0.4) is 0 Å². The lowest BCUT2D eigenvalue weighted by Crippen LogP contribution is -2.48. The number of esters is 4. The zero-order chi connectivity index (χ0) is 47.0. The molecule has 6 atom stereocenters. The number of nitrogens with two attached hydrogens (primary N) is 1. The average molecular weight is 910 g/mol. The Morgan fingerprint density at radius 3 is 1.91 bits per heavy atom.